The third-order valence-electron chi connectivity index (χ3n) is 2.74. The third kappa shape index (κ3) is 4.48. The van der Waals surface area contributed by atoms with Gasteiger partial charge in [-0.2, -0.15) is 0 Å². The number of halogens is 2. The van der Waals surface area contributed by atoms with E-state index in [-0.39, 0.29) is 18.3 Å². The number of nitrogens with two attached hydrogens (primary N) is 1. The Morgan fingerprint density at radius 2 is 2.06 bits per heavy atom. The van der Waals surface area contributed by atoms with E-state index < -0.39 is 5.41 Å². The first kappa shape index (κ1) is 17.2. The van der Waals surface area contributed by atoms with E-state index in [9.17, 15) is 4.79 Å². The Labute approximate surface area is 120 Å². The number of carbonyl (C=O) groups is 1. The summed E-state index contributed by atoms with van der Waals surface area (Å²) in [7, 11) is 1.78. The Morgan fingerprint density at radius 3 is 2.56 bits per heavy atom. The Bertz CT molecular complexity index is 408. The van der Waals surface area contributed by atoms with E-state index in [1.54, 1.807) is 11.9 Å². The molecule has 0 radical (unpaired) electrons. The summed E-state index contributed by atoms with van der Waals surface area (Å²) in [4.78, 5) is 13.8. The predicted molar refractivity (Wildman–Crippen MR) is 78.0 cm³/mol. The highest BCUT2D eigenvalue weighted by atomic mass is 35.5. The van der Waals surface area contributed by atoms with Gasteiger partial charge in [-0.15, -0.1) is 12.4 Å². The average Bonchev–Trinajstić information content (AvgIpc) is 2.28. The van der Waals surface area contributed by atoms with Crippen LogP contribution in [-0.2, 0) is 11.3 Å². The van der Waals surface area contributed by atoms with Crippen LogP contribution in [0.2, 0.25) is 5.02 Å². The van der Waals surface area contributed by atoms with Crippen LogP contribution in [0.4, 0.5) is 0 Å². The highest BCUT2D eigenvalue weighted by molar-refractivity contribution is 6.30. The fraction of sp³-hybridized carbons (Fsp3) is 0.462. The maximum Gasteiger partial charge on any atom is 0.229 e. The van der Waals surface area contributed by atoms with Crippen molar-refractivity contribution in [3.63, 3.8) is 0 Å². The molecule has 0 unspecified atom stereocenters. The van der Waals surface area contributed by atoms with Crippen molar-refractivity contribution in [1.29, 1.82) is 0 Å². The molecule has 18 heavy (non-hydrogen) atoms. The van der Waals surface area contributed by atoms with Crippen molar-refractivity contribution < 1.29 is 4.79 Å². The monoisotopic (exact) mass is 290 g/mol. The number of hydrogen-bond acceptors (Lipinski definition) is 2. The number of carbonyl (C=O) groups excluding carboxylic acids is 1. The molecule has 0 saturated carbocycles. The lowest BCUT2D eigenvalue weighted by molar-refractivity contribution is -0.139. The van der Waals surface area contributed by atoms with Crippen LogP contribution in [0.1, 0.15) is 19.4 Å². The molecule has 0 aliphatic rings. The second-order valence-corrected chi connectivity index (χ2v) is 5.32. The van der Waals surface area contributed by atoms with E-state index >= 15 is 0 Å². The molecular formula is C13H20Cl2N2O. The largest absolute Gasteiger partial charge is 0.341 e. The summed E-state index contributed by atoms with van der Waals surface area (Å²) in [6.45, 7) is 4.59. The second kappa shape index (κ2) is 6.98. The van der Waals surface area contributed by atoms with Gasteiger partial charge in [0.1, 0.15) is 0 Å². The van der Waals surface area contributed by atoms with Crippen LogP contribution >= 0.6 is 24.0 Å². The predicted octanol–water partition coefficient (Wildman–Crippen LogP) is 2.71. The van der Waals surface area contributed by atoms with Crippen molar-refractivity contribution in [2.45, 2.75) is 20.4 Å². The molecule has 1 amide bonds. The molecule has 0 fully saturated rings. The molecule has 0 atom stereocenters. The van der Waals surface area contributed by atoms with E-state index in [4.69, 9.17) is 17.3 Å². The highest BCUT2D eigenvalue weighted by Gasteiger charge is 2.28. The molecule has 1 aromatic carbocycles. The van der Waals surface area contributed by atoms with Gasteiger partial charge in [0.25, 0.3) is 0 Å². The summed E-state index contributed by atoms with van der Waals surface area (Å²) in [5, 5.41) is 0.682. The van der Waals surface area contributed by atoms with E-state index in [2.05, 4.69) is 0 Å². The zero-order valence-electron chi connectivity index (χ0n) is 10.9. The minimum Gasteiger partial charge on any atom is -0.341 e. The summed E-state index contributed by atoms with van der Waals surface area (Å²) < 4.78 is 0. The lowest BCUT2D eigenvalue weighted by atomic mass is 9.92. The maximum atomic E-state index is 12.1. The fourth-order valence-corrected chi connectivity index (χ4v) is 1.80. The zero-order chi connectivity index (χ0) is 13.1. The van der Waals surface area contributed by atoms with Gasteiger partial charge in [-0.05, 0) is 31.5 Å². The molecular weight excluding hydrogens is 271 g/mol. The van der Waals surface area contributed by atoms with Gasteiger partial charge < -0.3 is 10.6 Å². The summed E-state index contributed by atoms with van der Waals surface area (Å²) in [5.74, 6) is 0.0416. The molecule has 1 aromatic rings. The Balaban J connectivity index is 0.00000289. The SMILES string of the molecule is CN(Cc1cccc(Cl)c1)C(=O)C(C)(C)CN.Cl. The Hall–Kier alpha value is -0.770. The van der Waals surface area contributed by atoms with Gasteiger partial charge in [-0.3, -0.25) is 4.79 Å². The van der Waals surface area contributed by atoms with Crippen LogP contribution in [0, 0.1) is 5.41 Å². The van der Waals surface area contributed by atoms with Gasteiger partial charge in [0.15, 0.2) is 0 Å². The normalized spacial score (nSPS) is 10.7. The van der Waals surface area contributed by atoms with Crippen LogP contribution in [-0.4, -0.2) is 24.4 Å². The molecule has 0 aromatic heterocycles. The van der Waals surface area contributed by atoms with Crippen molar-refractivity contribution in [2.75, 3.05) is 13.6 Å². The molecule has 3 nitrogen and oxygen atoms in total. The molecule has 102 valence electrons. The molecule has 0 aliphatic carbocycles. The second-order valence-electron chi connectivity index (χ2n) is 4.88. The van der Waals surface area contributed by atoms with Crippen molar-refractivity contribution in [2.24, 2.45) is 11.1 Å². The van der Waals surface area contributed by atoms with Gasteiger partial charge >= 0.3 is 0 Å². The average molecular weight is 291 g/mol. The number of hydrogen-bond donors (Lipinski definition) is 1. The zero-order valence-corrected chi connectivity index (χ0v) is 12.5. The Kier molecular flexibility index (Phi) is 6.68. The van der Waals surface area contributed by atoms with Crippen LogP contribution in [0.15, 0.2) is 24.3 Å². The van der Waals surface area contributed by atoms with E-state index in [0.29, 0.717) is 18.1 Å². The van der Waals surface area contributed by atoms with Crippen molar-refractivity contribution >= 4 is 29.9 Å². The van der Waals surface area contributed by atoms with Gasteiger partial charge in [-0.25, -0.2) is 0 Å². The van der Waals surface area contributed by atoms with E-state index in [1.807, 2.05) is 38.1 Å². The lowest BCUT2D eigenvalue weighted by Gasteiger charge is -2.28. The number of benzene rings is 1. The standard InChI is InChI=1S/C13H19ClN2O.ClH/c1-13(2,9-15)12(17)16(3)8-10-5-4-6-11(14)7-10;/h4-7H,8-9,15H2,1-3H3;1H. The van der Waals surface area contributed by atoms with Crippen LogP contribution in [0.25, 0.3) is 0 Å². The number of rotatable bonds is 4. The molecule has 0 aliphatic heterocycles. The summed E-state index contributed by atoms with van der Waals surface area (Å²) in [6, 6.07) is 7.51. The van der Waals surface area contributed by atoms with Crippen LogP contribution in [0.3, 0.4) is 0 Å². The molecule has 0 saturated heterocycles. The van der Waals surface area contributed by atoms with Gasteiger partial charge in [-0.1, -0.05) is 23.7 Å². The summed E-state index contributed by atoms with van der Waals surface area (Å²) in [5.41, 5.74) is 6.09. The minimum atomic E-state index is -0.521. The molecule has 0 spiro atoms. The topological polar surface area (TPSA) is 46.3 Å². The van der Waals surface area contributed by atoms with Crippen molar-refractivity contribution in [3.05, 3.63) is 34.9 Å². The van der Waals surface area contributed by atoms with Crippen molar-refractivity contribution in [3.8, 4) is 0 Å². The minimum absolute atomic E-state index is 0. The van der Waals surface area contributed by atoms with E-state index in [1.165, 1.54) is 0 Å². The molecule has 1 rings (SSSR count). The first-order valence-corrected chi connectivity index (χ1v) is 5.94. The first-order chi connectivity index (χ1) is 7.86. The summed E-state index contributed by atoms with van der Waals surface area (Å²) >= 11 is 5.90. The van der Waals surface area contributed by atoms with Gasteiger partial charge in [0.2, 0.25) is 5.91 Å². The Morgan fingerprint density at radius 1 is 1.44 bits per heavy atom. The van der Waals surface area contributed by atoms with E-state index in [0.717, 1.165) is 5.56 Å². The smallest absolute Gasteiger partial charge is 0.229 e. The highest BCUT2D eigenvalue weighted by Crippen LogP contribution is 2.18. The maximum absolute atomic E-state index is 12.1. The molecule has 0 bridgehead atoms. The van der Waals surface area contributed by atoms with Crippen molar-refractivity contribution in [1.82, 2.24) is 4.90 Å². The van der Waals surface area contributed by atoms with Gasteiger partial charge in [0, 0.05) is 25.2 Å². The summed E-state index contributed by atoms with van der Waals surface area (Å²) in [6.07, 6.45) is 0. The first-order valence-electron chi connectivity index (χ1n) is 5.57. The lowest BCUT2D eigenvalue weighted by Crippen LogP contribution is -2.42. The number of nitrogens with zero attached hydrogens (tertiary/aromatic N) is 1. The van der Waals surface area contributed by atoms with Gasteiger partial charge in [0.05, 0.1) is 5.41 Å². The van der Waals surface area contributed by atoms with Crippen LogP contribution in [0.5, 0.6) is 0 Å². The quantitative estimate of drug-likeness (QED) is 0.927. The third-order valence-corrected chi connectivity index (χ3v) is 2.98. The van der Waals surface area contributed by atoms with Crippen LogP contribution < -0.4 is 5.73 Å². The molecule has 5 heteroatoms. The number of amides is 1. The fourth-order valence-electron chi connectivity index (χ4n) is 1.58. The molecule has 0 heterocycles. The molecule has 2 N–H and O–H groups in total.